The van der Waals surface area contributed by atoms with Crippen molar-refractivity contribution in [3.05, 3.63) is 45.5 Å². The zero-order valence-electron chi connectivity index (χ0n) is 12.9. The fourth-order valence-electron chi connectivity index (χ4n) is 2.88. The normalized spacial score (nSPS) is 21.6. The number of rotatable bonds is 7. The van der Waals surface area contributed by atoms with Gasteiger partial charge in [-0.15, -0.1) is 0 Å². The molecule has 3 amide bonds. The smallest absolute Gasteiger partial charge is 0.261 e. The Morgan fingerprint density at radius 1 is 1.21 bits per heavy atom. The first-order valence-corrected chi connectivity index (χ1v) is 7.87. The summed E-state index contributed by atoms with van der Waals surface area (Å²) in [5.74, 6) is -1.38. The van der Waals surface area contributed by atoms with Gasteiger partial charge in [-0.2, -0.15) is 0 Å². The van der Waals surface area contributed by atoms with Crippen molar-refractivity contribution in [3.63, 3.8) is 0 Å². The van der Waals surface area contributed by atoms with Crippen molar-refractivity contribution in [2.75, 3.05) is 13.1 Å². The predicted molar refractivity (Wildman–Crippen MR) is 82.9 cm³/mol. The van der Waals surface area contributed by atoms with Crippen molar-refractivity contribution in [1.82, 2.24) is 10.2 Å². The van der Waals surface area contributed by atoms with E-state index in [0.29, 0.717) is 43.5 Å². The van der Waals surface area contributed by atoms with E-state index < -0.39 is 16.9 Å². The standard InChI is InChI=1S/C16H17N3O5/c20-14(12-9-13(12)19(23)24)17-7-3-4-8-18-15(21)10-5-1-2-6-11(10)16(18)22/h1-2,5-6,12-13H,3-4,7-9H2,(H,17,20)/t12-,13+/m1/s1. The van der Waals surface area contributed by atoms with E-state index in [1.807, 2.05) is 0 Å². The van der Waals surface area contributed by atoms with Crippen LogP contribution in [0.1, 0.15) is 40.0 Å². The second-order valence-corrected chi connectivity index (χ2v) is 6.00. The Hall–Kier alpha value is -2.77. The zero-order chi connectivity index (χ0) is 17.3. The second kappa shape index (κ2) is 6.38. The minimum atomic E-state index is -0.747. The van der Waals surface area contributed by atoms with Gasteiger partial charge in [0, 0.05) is 24.4 Å². The first kappa shape index (κ1) is 16.1. The summed E-state index contributed by atoms with van der Waals surface area (Å²) in [7, 11) is 0. The van der Waals surface area contributed by atoms with Gasteiger partial charge in [-0.25, -0.2) is 0 Å². The molecule has 8 heteroatoms. The molecule has 1 heterocycles. The van der Waals surface area contributed by atoms with Crippen LogP contribution in [0.3, 0.4) is 0 Å². The van der Waals surface area contributed by atoms with Gasteiger partial charge in [-0.1, -0.05) is 12.1 Å². The third kappa shape index (κ3) is 2.99. The highest BCUT2D eigenvalue weighted by molar-refractivity contribution is 6.21. The highest BCUT2D eigenvalue weighted by Crippen LogP contribution is 2.32. The Kier molecular flexibility index (Phi) is 4.28. The molecule has 8 nitrogen and oxygen atoms in total. The predicted octanol–water partition coefficient (Wildman–Crippen LogP) is 0.844. The summed E-state index contributed by atoms with van der Waals surface area (Å²) in [6.07, 6.45) is 1.46. The number of carbonyl (C=O) groups excluding carboxylic acids is 3. The van der Waals surface area contributed by atoms with E-state index in [1.54, 1.807) is 24.3 Å². The van der Waals surface area contributed by atoms with Gasteiger partial charge < -0.3 is 5.32 Å². The van der Waals surface area contributed by atoms with Crippen LogP contribution in [0.4, 0.5) is 0 Å². The van der Waals surface area contributed by atoms with E-state index >= 15 is 0 Å². The maximum absolute atomic E-state index is 12.1. The number of amides is 3. The lowest BCUT2D eigenvalue weighted by Gasteiger charge is -2.13. The number of nitro groups is 1. The number of hydrogen-bond acceptors (Lipinski definition) is 5. The van der Waals surface area contributed by atoms with Gasteiger partial charge in [-0.3, -0.25) is 29.4 Å². The molecule has 1 N–H and O–H groups in total. The molecule has 3 rings (SSSR count). The third-order valence-corrected chi connectivity index (χ3v) is 4.35. The average molecular weight is 331 g/mol. The van der Waals surface area contributed by atoms with Crippen molar-refractivity contribution in [2.45, 2.75) is 25.3 Å². The number of hydrogen-bond donors (Lipinski definition) is 1. The van der Waals surface area contributed by atoms with Gasteiger partial charge in [0.05, 0.1) is 11.1 Å². The van der Waals surface area contributed by atoms with Crippen LogP contribution in [-0.4, -0.2) is 46.7 Å². The number of nitrogens with zero attached hydrogens (tertiary/aromatic N) is 2. The van der Waals surface area contributed by atoms with Crippen LogP contribution in [0.15, 0.2) is 24.3 Å². The molecule has 126 valence electrons. The van der Waals surface area contributed by atoms with Crippen LogP contribution in [0.2, 0.25) is 0 Å². The third-order valence-electron chi connectivity index (χ3n) is 4.35. The minimum Gasteiger partial charge on any atom is -0.356 e. The fourth-order valence-corrected chi connectivity index (χ4v) is 2.88. The van der Waals surface area contributed by atoms with Gasteiger partial charge in [-0.05, 0) is 25.0 Å². The zero-order valence-corrected chi connectivity index (χ0v) is 12.9. The van der Waals surface area contributed by atoms with Crippen LogP contribution in [0.5, 0.6) is 0 Å². The lowest BCUT2D eigenvalue weighted by molar-refractivity contribution is -0.497. The minimum absolute atomic E-state index is 0.286. The van der Waals surface area contributed by atoms with Gasteiger partial charge in [0.15, 0.2) is 0 Å². The highest BCUT2D eigenvalue weighted by atomic mass is 16.6. The van der Waals surface area contributed by atoms with Crippen molar-refractivity contribution < 1.29 is 19.3 Å². The van der Waals surface area contributed by atoms with Crippen molar-refractivity contribution >= 4 is 17.7 Å². The molecule has 0 aromatic heterocycles. The molecule has 0 unspecified atom stereocenters. The Labute approximate surface area is 138 Å². The Morgan fingerprint density at radius 3 is 2.38 bits per heavy atom. The quantitative estimate of drug-likeness (QED) is 0.345. The van der Waals surface area contributed by atoms with Gasteiger partial charge in [0.25, 0.3) is 11.8 Å². The van der Waals surface area contributed by atoms with Gasteiger partial charge >= 0.3 is 0 Å². The molecule has 0 saturated heterocycles. The summed E-state index contributed by atoms with van der Waals surface area (Å²) >= 11 is 0. The van der Waals surface area contributed by atoms with E-state index in [-0.39, 0.29) is 17.7 Å². The van der Waals surface area contributed by atoms with Crippen LogP contribution in [0.25, 0.3) is 0 Å². The second-order valence-electron chi connectivity index (χ2n) is 6.00. The Morgan fingerprint density at radius 2 is 1.83 bits per heavy atom. The number of unbranched alkanes of at least 4 members (excludes halogenated alkanes) is 1. The molecule has 0 bridgehead atoms. The molecule has 1 saturated carbocycles. The van der Waals surface area contributed by atoms with Crippen LogP contribution >= 0.6 is 0 Å². The first-order chi connectivity index (χ1) is 11.5. The molecule has 0 spiro atoms. The molecule has 24 heavy (non-hydrogen) atoms. The molecule has 1 aliphatic heterocycles. The van der Waals surface area contributed by atoms with Crippen LogP contribution in [0, 0.1) is 16.0 Å². The number of nitrogens with one attached hydrogen (secondary N) is 1. The fraction of sp³-hybridized carbons (Fsp3) is 0.438. The molecular weight excluding hydrogens is 314 g/mol. The topological polar surface area (TPSA) is 110 Å². The summed E-state index contributed by atoms with van der Waals surface area (Å²) < 4.78 is 0. The van der Waals surface area contributed by atoms with E-state index in [2.05, 4.69) is 5.32 Å². The van der Waals surface area contributed by atoms with Crippen molar-refractivity contribution in [2.24, 2.45) is 5.92 Å². The molecule has 1 aromatic rings. The molecule has 2 aliphatic rings. The lowest BCUT2D eigenvalue weighted by Crippen LogP contribution is -2.32. The van der Waals surface area contributed by atoms with E-state index in [0.717, 1.165) is 0 Å². The van der Waals surface area contributed by atoms with E-state index in [9.17, 15) is 24.5 Å². The highest BCUT2D eigenvalue weighted by Gasteiger charge is 2.53. The van der Waals surface area contributed by atoms with Crippen molar-refractivity contribution in [1.29, 1.82) is 0 Å². The number of imide groups is 1. The molecule has 1 aromatic carbocycles. The summed E-state index contributed by atoms with van der Waals surface area (Å²) in [4.78, 5) is 47.3. The number of fused-ring (bicyclic) bond motifs is 1. The monoisotopic (exact) mass is 331 g/mol. The van der Waals surface area contributed by atoms with Gasteiger partial charge in [0.2, 0.25) is 11.9 Å². The Balaban J connectivity index is 1.39. The average Bonchev–Trinajstić information content (AvgIpc) is 3.34. The summed E-state index contributed by atoms with van der Waals surface area (Å²) in [6, 6.07) is 5.97. The Bertz CT molecular complexity index is 682. The molecule has 2 atom stereocenters. The molecule has 1 fully saturated rings. The maximum Gasteiger partial charge on any atom is 0.261 e. The van der Waals surface area contributed by atoms with E-state index in [1.165, 1.54) is 4.90 Å². The molecule has 0 radical (unpaired) electrons. The van der Waals surface area contributed by atoms with Gasteiger partial charge in [0.1, 0.15) is 5.92 Å². The summed E-state index contributed by atoms with van der Waals surface area (Å²) in [5, 5.41) is 13.2. The first-order valence-electron chi connectivity index (χ1n) is 7.87. The number of benzene rings is 1. The van der Waals surface area contributed by atoms with Crippen LogP contribution < -0.4 is 5.32 Å². The van der Waals surface area contributed by atoms with Crippen LogP contribution in [-0.2, 0) is 4.79 Å². The molecular formula is C16H17N3O5. The number of carbonyl (C=O) groups is 3. The SMILES string of the molecule is O=C(NCCCCN1C(=O)c2ccccc2C1=O)[C@@H]1C[C@@H]1[N+](=O)[O-]. The lowest BCUT2D eigenvalue weighted by atomic mass is 10.1. The largest absolute Gasteiger partial charge is 0.356 e. The molecule has 1 aliphatic carbocycles. The van der Waals surface area contributed by atoms with Crippen molar-refractivity contribution in [3.8, 4) is 0 Å². The maximum atomic E-state index is 12.1. The summed E-state index contributed by atoms with van der Waals surface area (Å²) in [6.45, 7) is 0.673. The summed E-state index contributed by atoms with van der Waals surface area (Å²) in [5.41, 5.74) is 0.853. The van der Waals surface area contributed by atoms with E-state index in [4.69, 9.17) is 0 Å².